The summed E-state index contributed by atoms with van der Waals surface area (Å²) < 4.78 is 0. The molecule has 3 nitrogen and oxygen atoms in total. The largest absolute Gasteiger partial charge is 0.324 e. The fourth-order valence-corrected chi connectivity index (χ4v) is 1.55. The molecule has 5 heteroatoms. The minimum Gasteiger partial charge on any atom is -0.324 e. The Bertz CT molecular complexity index is 385. The molecular weight excluding hydrogens is 247 g/mol. The standard InChI is InChI=1S/C11H14Cl2N2O/c1-11(2,14-3)10(16)15-9-5-7(12)4-8(13)6-9/h4-6,14H,1-3H3,(H,15,16). The van der Waals surface area contributed by atoms with E-state index in [1.807, 2.05) is 0 Å². The molecule has 1 amide bonds. The minimum absolute atomic E-state index is 0.145. The molecule has 1 aromatic rings. The number of hydrogen-bond acceptors (Lipinski definition) is 2. The van der Waals surface area contributed by atoms with E-state index in [2.05, 4.69) is 10.6 Å². The monoisotopic (exact) mass is 260 g/mol. The minimum atomic E-state index is -0.644. The quantitative estimate of drug-likeness (QED) is 0.878. The van der Waals surface area contributed by atoms with Crippen LogP contribution in [-0.2, 0) is 4.79 Å². The third kappa shape index (κ3) is 3.37. The van der Waals surface area contributed by atoms with Crippen LogP contribution in [0.5, 0.6) is 0 Å². The Balaban J connectivity index is 2.85. The number of carbonyl (C=O) groups is 1. The van der Waals surface area contributed by atoms with Gasteiger partial charge in [-0.3, -0.25) is 4.79 Å². The van der Waals surface area contributed by atoms with Crippen molar-refractivity contribution in [3.63, 3.8) is 0 Å². The molecule has 88 valence electrons. The van der Waals surface area contributed by atoms with Gasteiger partial charge in [-0.05, 0) is 39.1 Å². The number of amides is 1. The van der Waals surface area contributed by atoms with Gasteiger partial charge in [0, 0.05) is 15.7 Å². The lowest BCUT2D eigenvalue weighted by Crippen LogP contribution is -2.47. The fourth-order valence-electron chi connectivity index (χ4n) is 1.03. The molecule has 2 N–H and O–H groups in total. The lowest BCUT2D eigenvalue weighted by molar-refractivity contribution is -0.121. The van der Waals surface area contributed by atoms with Crippen molar-refractivity contribution in [1.82, 2.24) is 5.32 Å². The summed E-state index contributed by atoms with van der Waals surface area (Å²) >= 11 is 11.7. The number of nitrogens with one attached hydrogen (secondary N) is 2. The molecule has 0 spiro atoms. The van der Waals surface area contributed by atoms with Crippen LogP contribution in [0.2, 0.25) is 10.0 Å². The van der Waals surface area contributed by atoms with Gasteiger partial charge in [0.1, 0.15) is 0 Å². The first-order chi connectivity index (χ1) is 7.35. The van der Waals surface area contributed by atoms with Crippen molar-refractivity contribution in [1.29, 1.82) is 0 Å². The van der Waals surface area contributed by atoms with E-state index in [0.29, 0.717) is 15.7 Å². The molecule has 1 rings (SSSR count). The van der Waals surface area contributed by atoms with Crippen molar-refractivity contribution in [3.8, 4) is 0 Å². The topological polar surface area (TPSA) is 41.1 Å². The van der Waals surface area contributed by atoms with E-state index < -0.39 is 5.54 Å². The summed E-state index contributed by atoms with van der Waals surface area (Å²) in [5.74, 6) is -0.145. The van der Waals surface area contributed by atoms with Crippen LogP contribution in [0.25, 0.3) is 0 Å². The first-order valence-electron chi connectivity index (χ1n) is 4.81. The van der Waals surface area contributed by atoms with Gasteiger partial charge < -0.3 is 10.6 Å². The van der Waals surface area contributed by atoms with E-state index >= 15 is 0 Å². The van der Waals surface area contributed by atoms with Gasteiger partial charge in [-0.1, -0.05) is 23.2 Å². The van der Waals surface area contributed by atoms with E-state index in [1.165, 1.54) is 0 Å². The normalized spacial score (nSPS) is 11.3. The second-order valence-electron chi connectivity index (χ2n) is 3.99. The zero-order chi connectivity index (χ0) is 12.3. The zero-order valence-corrected chi connectivity index (χ0v) is 10.9. The van der Waals surface area contributed by atoms with E-state index in [9.17, 15) is 4.79 Å². The maximum atomic E-state index is 11.8. The Morgan fingerprint density at radius 3 is 2.12 bits per heavy atom. The highest BCUT2D eigenvalue weighted by molar-refractivity contribution is 6.35. The summed E-state index contributed by atoms with van der Waals surface area (Å²) in [7, 11) is 1.73. The van der Waals surface area contributed by atoms with Crippen molar-refractivity contribution >= 4 is 34.8 Å². The smallest absolute Gasteiger partial charge is 0.244 e. The highest BCUT2D eigenvalue weighted by atomic mass is 35.5. The van der Waals surface area contributed by atoms with Gasteiger partial charge in [-0.15, -0.1) is 0 Å². The second-order valence-corrected chi connectivity index (χ2v) is 4.86. The fraction of sp³-hybridized carbons (Fsp3) is 0.364. The Morgan fingerprint density at radius 1 is 1.19 bits per heavy atom. The van der Waals surface area contributed by atoms with E-state index in [4.69, 9.17) is 23.2 Å². The molecule has 0 aliphatic carbocycles. The molecule has 0 heterocycles. The average Bonchev–Trinajstić information content (AvgIpc) is 2.15. The summed E-state index contributed by atoms with van der Waals surface area (Å²) in [5, 5.41) is 6.64. The summed E-state index contributed by atoms with van der Waals surface area (Å²) in [6.45, 7) is 3.57. The van der Waals surface area contributed by atoms with Crippen LogP contribution in [0.3, 0.4) is 0 Å². The molecule has 0 aliphatic heterocycles. The molecule has 0 bridgehead atoms. The third-order valence-corrected chi connectivity index (χ3v) is 2.75. The van der Waals surface area contributed by atoms with Gasteiger partial charge >= 0.3 is 0 Å². The number of halogens is 2. The molecule has 16 heavy (non-hydrogen) atoms. The summed E-state index contributed by atoms with van der Waals surface area (Å²) in [6.07, 6.45) is 0. The van der Waals surface area contributed by atoms with Gasteiger partial charge in [0.15, 0.2) is 0 Å². The van der Waals surface area contributed by atoms with Crippen molar-refractivity contribution in [2.45, 2.75) is 19.4 Å². The van der Waals surface area contributed by atoms with Gasteiger partial charge in [0.2, 0.25) is 5.91 Å². The molecule has 1 aromatic carbocycles. The maximum Gasteiger partial charge on any atom is 0.244 e. The summed E-state index contributed by atoms with van der Waals surface area (Å²) in [5.41, 5.74) is -0.0553. The predicted octanol–water partition coefficient (Wildman–Crippen LogP) is 2.93. The average molecular weight is 261 g/mol. The van der Waals surface area contributed by atoms with Crippen LogP contribution in [0, 0.1) is 0 Å². The molecule has 0 saturated carbocycles. The molecule has 0 saturated heterocycles. The van der Waals surface area contributed by atoms with Crippen LogP contribution >= 0.6 is 23.2 Å². The number of anilines is 1. The summed E-state index contributed by atoms with van der Waals surface area (Å²) in [6, 6.07) is 4.91. The van der Waals surface area contributed by atoms with Gasteiger partial charge in [-0.25, -0.2) is 0 Å². The van der Waals surface area contributed by atoms with Crippen LogP contribution in [0.1, 0.15) is 13.8 Å². The number of hydrogen-bond donors (Lipinski definition) is 2. The molecule has 0 aromatic heterocycles. The van der Waals surface area contributed by atoms with Gasteiger partial charge in [0.25, 0.3) is 0 Å². The number of benzene rings is 1. The van der Waals surface area contributed by atoms with Crippen molar-refractivity contribution in [3.05, 3.63) is 28.2 Å². The molecule has 0 fully saturated rings. The third-order valence-electron chi connectivity index (χ3n) is 2.31. The Hall–Kier alpha value is -0.770. The lowest BCUT2D eigenvalue weighted by Gasteiger charge is -2.22. The summed E-state index contributed by atoms with van der Waals surface area (Å²) in [4.78, 5) is 11.8. The molecule has 0 aliphatic rings. The van der Waals surface area contributed by atoms with Crippen LogP contribution in [0.4, 0.5) is 5.69 Å². The predicted molar refractivity (Wildman–Crippen MR) is 68.2 cm³/mol. The van der Waals surface area contributed by atoms with E-state index in [-0.39, 0.29) is 5.91 Å². The van der Waals surface area contributed by atoms with Crippen LogP contribution in [-0.4, -0.2) is 18.5 Å². The van der Waals surface area contributed by atoms with E-state index in [0.717, 1.165) is 0 Å². The second kappa shape index (κ2) is 5.04. The van der Waals surface area contributed by atoms with Crippen LogP contribution < -0.4 is 10.6 Å². The van der Waals surface area contributed by atoms with E-state index in [1.54, 1.807) is 39.1 Å². The van der Waals surface area contributed by atoms with Gasteiger partial charge in [0.05, 0.1) is 5.54 Å². The molecule has 0 unspecified atom stereocenters. The lowest BCUT2D eigenvalue weighted by atomic mass is 10.1. The highest BCUT2D eigenvalue weighted by Gasteiger charge is 2.25. The SMILES string of the molecule is CNC(C)(C)C(=O)Nc1cc(Cl)cc(Cl)c1. The van der Waals surface area contributed by atoms with Crippen molar-refractivity contribution < 1.29 is 4.79 Å². The first kappa shape index (κ1) is 13.3. The maximum absolute atomic E-state index is 11.8. The molecular formula is C11H14Cl2N2O. The zero-order valence-electron chi connectivity index (χ0n) is 9.40. The van der Waals surface area contributed by atoms with Crippen molar-refractivity contribution in [2.24, 2.45) is 0 Å². The molecule has 0 atom stereocenters. The van der Waals surface area contributed by atoms with Crippen LogP contribution in [0.15, 0.2) is 18.2 Å². The first-order valence-corrected chi connectivity index (χ1v) is 5.57. The number of carbonyl (C=O) groups excluding carboxylic acids is 1. The van der Waals surface area contributed by atoms with Crippen molar-refractivity contribution in [2.75, 3.05) is 12.4 Å². The Kier molecular flexibility index (Phi) is 4.19. The Labute approximate surface area is 105 Å². The molecule has 0 radical (unpaired) electrons. The number of likely N-dealkylation sites (N-methyl/N-ethyl adjacent to an activating group) is 1. The number of rotatable bonds is 3. The van der Waals surface area contributed by atoms with Gasteiger partial charge in [-0.2, -0.15) is 0 Å². The highest BCUT2D eigenvalue weighted by Crippen LogP contribution is 2.23. The Morgan fingerprint density at radius 2 is 1.69 bits per heavy atom.